The molecule has 4 aliphatic rings. The third-order valence-corrected chi connectivity index (χ3v) is 5.94. The van der Waals surface area contributed by atoms with Crippen LogP contribution in [0.25, 0.3) is 0 Å². The van der Waals surface area contributed by atoms with Crippen LogP contribution in [0, 0.1) is 5.92 Å². The average Bonchev–Trinajstić information content (AvgIpc) is 2.57. The molecule has 0 radical (unpaired) electrons. The predicted molar refractivity (Wildman–Crippen MR) is 94.7 cm³/mol. The van der Waals surface area contributed by atoms with Gasteiger partial charge in [-0.2, -0.15) is 0 Å². The van der Waals surface area contributed by atoms with E-state index in [4.69, 9.17) is 5.11 Å². The third kappa shape index (κ3) is 3.07. The van der Waals surface area contributed by atoms with E-state index < -0.39 is 11.5 Å². The van der Waals surface area contributed by atoms with Crippen LogP contribution < -0.4 is 10.6 Å². The zero-order chi connectivity index (χ0) is 18.3. The number of carbonyl (C=O) groups excluding carboxylic acids is 2. The summed E-state index contributed by atoms with van der Waals surface area (Å²) < 4.78 is 0. The molecular weight excluding hydrogens is 334 g/mol. The van der Waals surface area contributed by atoms with Crippen LogP contribution in [-0.4, -0.2) is 53.0 Å². The van der Waals surface area contributed by atoms with Crippen molar-refractivity contribution in [2.24, 2.45) is 5.92 Å². The minimum Gasteiger partial charge on any atom is -0.480 e. The molecule has 1 aliphatic carbocycles. The molecule has 7 heteroatoms. The van der Waals surface area contributed by atoms with E-state index in [1.807, 2.05) is 17.0 Å². The lowest BCUT2D eigenvalue weighted by Gasteiger charge is -2.50. The van der Waals surface area contributed by atoms with E-state index in [1.54, 1.807) is 0 Å². The van der Waals surface area contributed by atoms with Crippen LogP contribution in [-0.2, 0) is 14.4 Å². The molecule has 0 spiro atoms. The van der Waals surface area contributed by atoms with Gasteiger partial charge in [-0.1, -0.05) is 12.1 Å². The quantitative estimate of drug-likeness (QED) is 0.684. The first kappa shape index (κ1) is 17.0. The molecule has 0 unspecified atom stereocenters. The van der Waals surface area contributed by atoms with Crippen molar-refractivity contribution < 1.29 is 19.5 Å². The van der Waals surface area contributed by atoms with Gasteiger partial charge in [0.15, 0.2) is 0 Å². The van der Waals surface area contributed by atoms with Gasteiger partial charge in [0.05, 0.1) is 6.54 Å². The number of piperidine rings is 3. The maximum absolute atomic E-state index is 12.1. The van der Waals surface area contributed by atoms with Crippen molar-refractivity contribution in [3.8, 4) is 0 Å². The third-order valence-electron chi connectivity index (χ3n) is 5.94. The van der Waals surface area contributed by atoms with Crippen LogP contribution >= 0.6 is 0 Å². The van der Waals surface area contributed by atoms with E-state index in [0.29, 0.717) is 18.8 Å². The number of aliphatic carboxylic acids is 1. The van der Waals surface area contributed by atoms with Gasteiger partial charge in [0.25, 0.3) is 5.91 Å². The molecule has 3 aliphatic heterocycles. The number of anilines is 1. The number of carbonyl (C=O) groups is 3. The van der Waals surface area contributed by atoms with Crippen molar-refractivity contribution in [1.82, 2.24) is 10.2 Å². The highest BCUT2D eigenvalue weighted by Gasteiger charge is 2.57. The molecule has 3 N–H and O–H groups in total. The van der Waals surface area contributed by atoms with Crippen LogP contribution in [0.5, 0.6) is 0 Å². The van der Waals surface area contributed by atoms with Gasteiger partial charge in [0, 0.05) is 11.6 Å². The molecule has 1 aromatic carbocycles. The number of carboxylic acids is 1. The Hall–Kier alpha value is -2.41. The SMILES string of the molecule is O=C(O)CN1CCC(c2ccc(NC34CC(C3)C(=O)NC4=O)cc2)CC1. The van der Waals surface area contributed by atoms with Crippen molar-refractivity contribution in [2.75, 3.05) is 25.0 Å². The molecule has 1 aromatic rings. The zero-order valence-electron chi connectivity index (χ0n) is 14.5. The number of imide groups is 1. The second kappa shape index (κ2) is 6.39. The van der Waals surface area contributed by atoms with Gasteiger partial charge >= 0.3 is 5.97 Å². The number of carboxylic acid groups (broad SMARTS) is 1. The second-order valence-electron chi connectivity index (χ2n) is 7.70. The van der Waals surface area contributed by atoms with Gasteiger partial charge in [0.2, 0.25) is 5.91 Å². The number of likely N-dealkylation sites (tertiary alicyclic amines) is 1. The average molecular weight is 357 g/mol. The molecular formula is C19H23N3O4. The summed E-state index contributed by atoms with van der Waals surface area (Å²) in [5.74, 6) is -0.750. The number of benzene rings is 1. The highest BCUT2D eigenvalue weighted by molar-refractivity contribution is 6.08. The Kier molecular flexibility index (Phi) is 4.19. The molecule has 4 fully saturated rings. The Bertz CT molecular complexity index is 732. The summed E-state index contributed by atoms with van der Waals surface area (Å²) in [6.07, 6.45) is 3.05. The lowest BCUT2D eigenvalue weighted by molar-refractivity contribution is -0.149. The monoisotopic (exact) mass is 357 g/mol. The Morgan fingerprint density at radius 1 is 1.15 bits per heavy atom. The summed E-state index contributed by atoms with van der Waals surface area (Å²) in [5.41, 5.74) is 1.50. The first-order valence-electron chi connectivity index (χ1n) is 9.13. The molecule has 2 amide bonds. The minimum atomic E-state index is -0.773. The zero-order valence-corrected chi connectivity index (χ0v) is 14.5. The molecule has 3 saturated heterocycles. The smallest absolute Gasteiger partial charge is 0.317 e. The molecule has 26 heavy (non-hydrogen) atoms. The van der Waals surface area contributed by atoms with Gasteiger partial charge in [-0.15, -0.1) is 0 Å². The highest BCUT2D eigenvalue weighted by Crippen LogP contribution is 2.44. The molecule has 5 rings (SSSR count). The largest absolute Gasteiger partial charge is 0.480 e. The Morgan fingerprint density at radius 2 is 1.81 bits per heavy atom. The summed E-state index contributed by atoms with van der Waals surface area (Å²) in [5, 5.41) is 14.6. The summed E-state index contributed by atoms with van der Waals surface area (Å²) in [6, 6.07) is 8.15. The Morgan fingerprint density at radius 3 is 2.38 bits per heavy atom. The fourth-order valence-electron chi connectivity index (χ4n) is 4.38. The van der Waals surface area contributed by atoms with Gasteiger partial charge in [-0.05, 0) is 62.4 Å². The maximum atomic E-state index is 12.1. The fourth-order valence-corrected chi connectivity index (χ4v) is 4.38. The summed E-state index contributed by atoms with van der Waals surface area (Å²) in [7, 11) is 0. The standard InChI is InChI=1S/C19H23N3O4/c23-16(24)11-22-7-5-13(6-8-22)12-1-3-15(4-2-12)21-19-9-14(10-19)17(25)20-18(19)26/h1-4,13-14,21H,5-11H2,(H,23,24)(H,20,25,26). The predicted octanol–water partition coefficient (Wildman–Crippen LogP) is 1.17. The number of fused-ring (bicyclic) bond motifs is 2. The van der Waals surface area contributed by atoms with Crippen molar-refractivity contribution in [3.05, 3.63) is 29.8 Å². The van der Waals surface area contributed by atoms with Gasteiger partial charge in [-0.25, -0.2) is 0 Å². The van der Waals surface area contributed by atoms with E-state index in [9.17, 15) is 14.4 Å². The minimum absolute atomic E-state index is 0.0459. The number of hydrogen-bond acceptors (Lipinski definition) is 5. The number of rotatable bonds is 5. The molecule has 7 nitrogen and oxygen atoms in total. The number of nitrogens with zero attached hydrogens (tertiary/aromatic N) is 1. The van der Waals surface area contributed by atoms with E-state index in [0.717, 1.165) is 31.6 Å². The fraction of sp³-hybridized carbons (Fsp3) is 0.526. The Labute approximate surface area is 151 Å². The summed E-state index contributed by atoms with van der Waals surface area (Å²) in [4.78, 5) is 36.5. The van der Waals surface area contributed by atoms with E-state index >= 15 is 0 Å². The van der Waals surface area contributed by atoms with Gasteiger partial charge in [-0.3, -0.25) is 24.6 Å². The maximum Gasteiger partial charge on any atom is 0.317 e. The van der Waals surface area contributed by atoms with Crippen LogP contribution in [0.3, 0.4) is 0 Å². The first-order valence-corrected chi connectivity index (χ1v) is 9.13. The molecule has 2 bridgehead atoms. The lowest BCUT2D eigenvalue weighted by Crippen LogP contribution is -2.69. The van der Waals surface area contributed by atoms with Crippen LogP contribution in [0.15, 0.2) is 24.3 Å². The molecule has 0 atom stereocenters. The van der Waals surface area contributed by atoms with Crippen LogP contribution in [0.4, 0.5) is 5.69 Å². The lowest BCUT2D eigenvalue weighted by atomic mass is 9.64. The summed E-state index contributed by atoms with van der Waals surface area (Å²) in [6.45, 7) is 1.72. The van der Waals surface area contributed by atoms with Crippen molar-refractivity contribution in [3.63, 3.8) is 0 Å². The topological polar surface area (TPSA) is 98.7 Å². The van der Waals surface area contributed by atoms with Crippen molar-refractivity contribution >= 4 is 23.5 Å². The van der Waals surface area contributed by atoms with Crippen molar-refractivity contribution in [1.29, 1.82) is 0 Å². The summed E-state index contributed by atoms with van der Waals surface area (Å²) >= 11 is 0. The highest BCUT2D eigenvalue weighted by atomic mass is 16.4. The molecule has 138 valence electrons. The number of hydrogen-bond donors (Lipinski definition) is 3. The van der Waals surface area contributed by atoms with E-state index in [-0.39, 0.29) is 24.3 Å². The van der Waals surface area contributed by atoms with Crippen molar-refractivity contribution in [2.45, 2.75) is 37.1 Å². The second-order valence-corrected chi connectivity index (χ2v) is 7.70. The first-order chi connectivity index (χ1) is 12.4. The molecule has 1 saturated carbocycles. The van der Waals surface area contributed by atoms with E-state index in [2.05, 4.69) is 22.8 Å². The molecule has 3 heterocycles. The van der Waals surface area contributed by atoms with Crippen LogP contribution in [0.1, 0.15) is 37.2 Å². The number of nitrogens with one attached hydrogen (secondary N) is 2. The normalized spacial score (nSPS) is 29.0. The van der Waals surface area contributed by atoms with Gasteiger partial charge in [0.1, 0.15) is 5.54 Å². The Balaban J connectivity index is 1.35. The van der Waals surface area contributed by atoms with Crippen LogP contribution in [0.2, 0.25) is 0 Å². The number of amides is 2. The van der Waals surface area contributed by atoms with E-state index in [1.165, 1.54) is 5.56 Å². The molecule has 0 aromatic heterocycles. The van der Waals surface area contributed by atoms with Gasteiger partial charge < -0.3 is 10.4 Å².